The van der Waals surface area contributed by atoms with Crippen molar-refractivity contribution in [2.45, 2.75) is 75.5 Å². The zero-order chi connectivity index (χ0) is 45.3. The van der Waals surface area contributed by atoms with Crippen LogP contribution in [0.3, 0.4) is 0 Å². The number of carbonyl (C=O) groups is 7. The molecule has 5 aromatic carbocycles. The highest BCUT2D eigenvalue weighted by Gasteiger charge is 2.32. The van der Waals surface area contributed by atoms with Gasteiger partial charge in [0.2, 0.25) is 35.4 Å². The fraction of sp³-hybridized carbons (Fsp3) is 0.260. The van der Waals surface area contributed by atoms with Crippen LogP contribution in [-0.4, -0.2) is 77.2 Å². The number of carboxylic acid groups (broad SMARTS) is 1. The molecule has 0 aliphatic carbocycles. The molecule has 330 valence electrons. The molecule has 0 aromatic heterocycles. The normalized spacial score (nSPS) is 18.8. The Hall–Kier alpha value is -7.61. The van der Waals surface area contributed by atoms with Gasteiger partial charge in [-0.25, -0.2) is 0 Å². The molecule has 4 unspecified atom stereocenters. The molecular weight excluding hydrogens is 813 g/mol. The molecule has 6 amide bonds. The van der Waals surface area contributed by atoms with E-state index in [0.29, 0.717) is 23.2 Å². The predicted molar refractivity (Wildman–Crippen MR) is 241 cm³/mol. The lowest BCUT2D eigenvalue weighted by Gasteiger charge is -2.27. The van der Waals surface area contributed by atoms with E-state index in [-0.39, 0.29) is 51.5 Å². The molecule has 7 N–H and O–H groups in total. The molecule has 2 aliphatic rings. The van der Waals surface area contributed by atoms with Crippen LogP contribution in [0.25, 0.3) is 11.1 Å². The van der Waals surface area contributed by atoms with Crippen molar-refractivity contribution in [2.75, 3.05) is 11.9 Å². The second-order valence-corrected chi connectivity index (χ2v) is 15.7. The van der Waals surface area contributed by atoms with E-state index in [1.165, 1.54) is 0 Å². The van der Waals surface area contributed by atoms with E-state index in [9.17, 15) is 38.7 Å². The van der Waals surface area contributed by atoms with E-state index < -0.39 is 65.6 Å². The molecule has 2 heterocycles. The van der Waals surface area contributed by atoms with Gasteiger partial charge in [-0.15, -0.1) is 0 Å². The van der Waals surface area contributed by atoms with Gasteiger partial charge in [0.1, 0.15) is 24.2 Å². The third kappa shape index (κ3) is 14.2. The number of aliphatic carboxylic acids is 1. The number of aryl methyl sites for hydroxylation is 1. The van der Waals surface area contributed by atoms with Crippen molar-refractivity contribution in [2.24, 2.45) is 0 Å². The summed E-state index contributed by atoms with van der Waals surface area (Å²) in [6.45, 7) is -0.185. The van der Waals surface area contributed by atoms with Gasteiger partial charge in [0.05, 0.1) is 6.42 Å². The van der Waals surface area contributed by atoms with Crippen molar-refractivity contribution in [3.8, 4) is 11.1 Å². The molecule has 0 saturated heterocycles. The molecule has 0 radical (unpaired) electrons. The Balaban J connectivity index is 1.35. The average molecular weight is 865 g/mol. The summed E-state index contributed by atoms with van der Waals surface area (Å²) in [7, 11) is 0. The van der Waals surface area contributed by atoms with E-state index in [1.807, 2.05) is 103 Å². The standard InChI is InChI=1S/C50H52N6O8/c57-44-26-27-45(58)53-42(30-34-12-6-2-7-13-34)49(63)56-43(32-35-16-21-38(22-17-35)37-14-8-3-9-15-37)50(64)54-40(25-20-33-10-4-1-5-11-33)48(62)55-41(47(61)51-29-28-46(59)60)31-36-18-23-39(52-44)24-19-36/h1-19,21-24,40-43H,20,25-32H2,(H,51,61)(H,52,57)(H,53,58)(H,54,64)(H,55,62)(H,56,63)(H,59,60). The van der Waals surface area contributed by atoms with Crippen LogP contribution in [0.15, 0.2) is 140 Å². The third-order valence-corrected chi connectivity index (χ3v) is 10.8. The third-order valence-electron chi connectivity index (χ3n) is 10.8. The SMILES string of the molecule is O=C(O)CCNC(=O)C1Cc2ccc(cc2)NC(=O)CCC(=O)NC(Cc2ccccc2)C(=O)NC(Cc2ccc(-c3ccccc3)cc2)C(=O)NC(CCc2ccccc2)C(=O)N1. The Kier molecular flexibility index (Phi) is 16.5. The van der Waals surface area contributed by atoms with Crippen molar-refractivity contribution in [1.82, 2.24) is 26.6 Å². The van der Waals surface area contributed by atoms with Gasteiger partial charge in [-0.05, 0) is 58.4 Å². The number of anilines is 1. The molecular formula is C50H52N6O8. The molecule has 14 heteroatoms. The van der Waals surface area contributed by atoms with E-state index in [1.54, 1.807) is 36.4 Å². The van der Waals surface area contributed by atoms with E-state index in [4.69, 9.17) is 0 Å². The predicted octanol–water partition coefficient (Wildman–Crippen LogP) is 4.28. The summed E-state index contributed by atoms with van der Waals surface area (Å²) in [5.41, 5.74) is 5.31. The Bertz CT molecular complexity index is 2380. The maximum atomic E-state index is 14.6. The summed E-state index contributed by atoms with van der Waals surface area (Å²) >= 11 is 0. The summed E-state index contributed by atoms with van der Waals surface area (Å²) < 4.78 is 0. The lowest BCUT2D eigenvalue weighted by molar-refractivity contribution is -0.137. The number of fused-ring (bicyclic) bond motifs is 18. The van der Waals surface area contributed by atoms with Gasteiger partial charge in [0, 0.05) is 44.3 Å². The smallest absolute Gasteiger partial charge is 0.305 e. The molecule has 0 fully saturated rings. The number of benzene rings is 5. The molecule has 5 aromatic rings. The fourth-order valence-electron chi connectivity index (χ4n) is 7.31. The molecule has 4 atom stereocenters. The summed E-state index contributed by atoms with van der Waals surface area (Å²) in [5.74, 6) is -4.75. The first kappa shape index (κ1) is 45.9. The number of hydrogen-bond donors (Lipinski definition) is 7. The monoisotopic (exact) mass is 864 g/mol. The fourth-order valence-corrected chi connectivity index (χ4v) is 7.31. The maximum Gasteiger partial charge on any atom is 0.305 e. The lowest BCUT2D eigenvalue weighted by Crippen LogP contribution is -2.59. The lowest BCUT2D eigenvalue weighted by atomic mass is 9.98. The first-order valence-corrected chi connectivity index (χ1v) is 21.3. The van der Waals surface area contributed by atoms with Gasteiger partial charge in [-0.1, -0.05) is 127 Å². The number of rotatable bonds is 12. The summed E-state index contributed by atoms with van der Waals surface area (Å²) in [6.07, 6.45) is -0.203. The van der Waals surface area contributed by atoms with Crippen molar-refractivity contribution < 1.29 is 38.7 Å². The number of hydrogen-bond acceptors (Lipinski definition) is 7. The van der Waals surface area contributed by atoms with Crippen LogP contribution in [0.5, 0.6) is 0 Å². The van der Waals surface area contributed by atoms with Crippen LogP contribution in [-0.2, 0) is 59.2 Å². The first-order valence-electron chi connectivity index (χ1n) is 21.3. The number of amides is 6. The molecule has 14 nitrogen and oxygen atoms in total. The van der Waals surface area contributed by atoms with Gasteiger partial charge < -0.3 is 37.0 Å². The highest BCUT2D eigenvalue weighted by atomic mass is 16.4. The number of nitrogens with one attached hydrogen (secondary N) is 6. The summed E-state index contributed by atoms with van der Waals surface area (Å²) in [6, 6.07) is 37.5. The first-order chi connectivity index (χ1) is 31.0. The molecule has 0 saturated carbocycles. The quantitative estimate of drug-likeness (QED) is 0.0899. The summed E-state index contributed by atoms with van der Waals surface area (Å²) in [4.78, 5) is 94.6. The van der Waals surface area contributed by atoms with Crippen molar-refractivity contribution in [1.29, 1.82) is 0 Å². The zero-order valence-electron chi connectivity index (χ0n) is 35.3. The number of carboxylic acids is 1. The van der Waals surface area contributed by atoms with Crippen LogP contribution < -0.4 is 31.9 Å². The Morgan fingerprint density at radius 1 is 0.547 bits per heavy atom. The minimum Gasteiger partial charge on any atom is -0.481 e. The zero-order valence-corrected chi connectivity index (χ0v) is 35.3. The highest BCUT2D eigenvalue weighted by molar-refractivity contribution is 5.97. The largest absolute Gasteiger partial charge is 0.481 e. The maximum absolute atomic E-state index is 14.6. The average Bonchev–Trinajstić information content (AvgIpc) is 3.30. The minimum absolute atomic E-state index is 0.0102. The van der Waals surface area contributed by atoms with Crippen LogP contribution in [0.4, 0.5) is 5.69 Å². The van der Waals surface area contributed by atoms with Crippen LogP contribution in [0.2, 0.25) is 0 Å². The minimum atomic E-state index is -1.24. The topological polar surface area (TPSA) is 212 Å². The van der Waals surface area contributed by atoms with Crippen molar-refractivity contribution in [3.63, 3.8) is 0 Å². The Morgan fingerprint density at radius 3 is 1.69 bits per heavy atom. The van der Waals surface area contributed by atoms with Gasteiger partial charge in [-0.3, -0.25) is 33.6 Å². The van der Waals surface area contributed by atoms with E-state index >= 15 is 0 Å². The van der Waals surface area contributed by atoms with Crippen LogP contribution in [0, 0.1) is 0 Å². The van der Waals surface area contributed by atoms with Crippen LogP contribution >= 0.6 is 0 Å². The van der Waals surface area contributed by atoms with Crippen LogP contribution in [0.1, 0.15) is 47.9 Å². The number of carbonyl (C=O) groups excluding carboxylic acids is 6. The molecule has 2 aliphatic heterocycles. The van der Waals surface area contributed by atoms with Gasteiger partial charge in [0.25, 0.3) is 0 Å². The Morgan fingerprint density at radius 2 is 1.06 bits per heavy atom. The van der Waals surface area contributed by atoms with Crippen molar-refractivity contribution in [3.05, 3.63) is 162 Å². The van der Waals surface area contributed by atoms with E-state index in [0.717, 1.165) is 22.3 Å². The van der Waals surface area contributed by atoms with E-state index in [2.05, 4.69) is 31.9 Å². The molecule has 0 spiro atoms. The molecule has 2 bridgehead atoms. The van der Waals surface area contributed by atoms with Crippen molar-refractivity contribution >= 4 is 47.1 Å². The highest BCUT2D eigenvalue weighted by Crippen LogP contribution is 2.20. The molecule has 7 rings (SSSR count). The summed E-state index contributed by atoms with van der Waals surface area (Å²) in [5, 5.41) is 25.9. The second-order valence-electron chi connectivity index (χ2n) is 15.7. The van der Waals surface area contributed by atoms with Gasteiger partial charge in [-0.2, -0.15) is 0 Å². The van der Waals surface area contributed by atoms with Gasteiger partial charge >= 0.3 is 5.97 Å². The molecule has 64 heavy (non-hydrogen) atoms. The second kappa shape index (κ2) is 23.0. The van der Waals surface area contributed by atoms with Gasteiger partial charge in [0.15, 0.2) is 0 Å². The Labute approximate surface area is 371 Å².